The molecule has 5 rings (SSSR count). The lowest BCUT2D eigenvalue weighted by molar-refractivity contribution is -0.137. The minimum atomic E-state index is -4.42. The molecule has 3 heterocycles. The first-order valence-electron chi connectivity index (χ1n) is 12.0. The van der Waals surface area contributed by atoms with Gasteiger partial charge in [0.25, 0.3) is 5.91 Å². The van der Waals surface area contributed by atoms with E-state index in [4.69, 9.17) is 0 Å². The molecular weight excluding hydrogens is 501 g/mol. The highest BCUT2D eigenvalue weighted by Gasteiger charge is 2.31. The van der Waals surface area contributed by atoms with E-state index in [1.807, 2.05) is 66.2 Å². The summed E-state index contributed by atoms with van der Waals surface area (Å²) in [5, 5.41) is 0.923. The monoisotopic (exact) mass is 528 g/mol. The van der Waals surface area contributed by atoms with Crippen molar-refractivity contribution in [2.24, 2.45) is 7.05 Å². The summed E-state index contributed by atoms with van der Waals surface area (Å²) in [6.45, 7) is 4.14. The van der Waals surface area contributed by atoms with Gasteiger partial charge in [0.15, 0.2) is 0 Å². The number of carbonyl (C=O) groups is 1. The van der Waals surface area contributed by atoms with Crippen LogP contribution in [0.1, 0.15) is 27.9 Å². The van der Waals surface area contributed by atoms with Crippen molar-refractivity contribution in [3.05, 3.63) is 83.6 Å². The van der Waals surface area contributed by atoms with E-state index in [9.17, 15) is 18.0 Å². The summed E-state index contributed by atoms with van der Waals surface area (Å²) in [4.78, 5) is 21.9. The van der Waals surface area contributed by atoms with Crippen molar-refractivity contribution in [2.75, 3.05) is 31.1 Å². The van der Waals surface area contributed by atoms with Crippen LogP contribution in [0.15, 0.2) is 66.9 Å². The summed E-state index contributed by atoms with van der Waals surface area (Å²) >= 11 is 0. The lowest BCUT2D eigenvalue weighted by Crippen LogP contribution is -2.35. The van der Waals surface area contributed by atoms with Crippen molar-refractivity contribution in [1.29, 1.82) is 0 Å². The summed E-state index contributed by atoms with van der Waals surface area (Å²) in [7, 11) is 1.98. The van der Waals surface area contributed by atoms with Crippen LogP contribution in [0.5, 0.6) is 0 Å². The van der Waals surface area contributed by atoms with Crippen LogP contribution in [0.25, 0.3) is 22.2 Å². The normalized spacial score (nSPS) is 14.4. The Bertz CT molecular complexity index is 1400. The molecule has 5 nitrogen and oxygen atoms in total. The molecule has 0 atom stereocenters. The third kappa shape index (κ3) is 5.16. The Labute approximate surface area is 219 Å². The van der Waals surface area contributed by atoms with Gasteiger partial charge in [0, 0.05) is 50.3 Å². The number of carbonyl (C=O) groups excluding carboxylic acids is 1. The van der Waals surface area contributed by atoms with Gasteiger partial charge in [-0.3, -0.25) is 4.79 Å². The van der Waals surface area contributed by atoms with Crippen LogP contribution in [-0.2, 0) is 13.2 Å². The SMILES string of the molecule is Cc1ccc2c(c1)c(C(=O)N1CCCN(c3ccc(C(F)(F)F)cn3)CC1)c(-c1ccccc1)n2C.Cl. The van der Waals surface area contributed by atoms with Gasteiger partial charge in [-0.1, -0.05) is 42.0 Å². The summed E-state index contributed by atoms with van der Waals surface area (Å²) < 4.78 is 40.8. The second-order valence-electron chi connectivity index (χ2n) is 9.20. The highest BCUT2D eigenvalue weighted by molar-refractivity contribution is 6.13. The van der Waals surface area contributed by atoms with Gasteiger partial charge in [-0.05, 0) is 43.2 Å². The predicted octanol–water partition coefficient (Wildman–Crippen LogP) is 6.34. The molecule has 1 saturated heterocycles. The number of hydrogen-bond donors (Lipinski definition) is 0. The van der Waals surface area contributed by atoms with Gasteiger partial charge in [0.2, 0.25) is 0 Å². The Hall–Kier alpha value is -3.52. The van der Waals surface area contributed by atoms with Crippen molar-refractivity contribution >= 4 is 35.0 Å². The van der Waals surface area contributed by atoms with Crippen LogP contribution in [0, 0.1) is 6.92 Å². The molecule has 0 unspecified atom stereocenters. The Kier molecular flexibility index (Phi) is 7.50. The number of rotatable bonds is 3. The summed E-state index contributed by atoms with van der Waals surface area (Å²) in [6, 6.07) is 18.5. The molecule has 1 amide bonds. The summed E-state index contributed by atoms with van der Waals surface area (Å²) in [6.07, 6.45) is -2.85. The molecule has 1 aliphatic rings. The zero-order valence-electron chi connectivity index (χ0n) is 20.6. The number of halogens is 4. The fourth-order valence-corrected chi connectivity index (χ4v) is 4.96. The Morgan fingerprint density at radius 2 is 1.70 bits per heavy atom. The van der Waals surface area contributed by atoms with Crippen LogP contribution < -0.4 is 4.90 Å². The van der Waals surface area contributed by atoms with Gasteiger partial charge in [-0.25, -0.2) is 4.98 Å². The van der Waals surface area contributed by atoms with Crippen LogP contribution in [0.2, 0.25) is 0 Å². The van der Waals surface area contributed by atoms with Crippen molar-refractivity contribution in [3.8, 4) is 11.3 Å². The highest BCUT2D eigenvalue weighted by Crippen LogP contribution is 2.35. The minimum Gasteiger partial charge on any atom is -0.355 e. The summed E-state index contributed by atoms with van der Waals surface area (Å²) in [5.41, 5.74) is 3.85. The molecule has 2 aromatic heterocycles. The van der Waals surface area contributed by atoms with Crippen LogP contribution in [0.3, 0.4) is 0 Å². The van der Waals surface area contributed by atoms with Crippen molar-refractivity contribution in [1.82, 2.24) is 14.5 Å². The molecule has 194 valence electrons. The van der Waals surface area contributed by atoms with Crippen molar-refractivity contribution in [3.63, 3.8) is 0 Å². The molecule has 37 heavy (non-hydrogen) atoms. The van der Waals surface area contributed by atoms with E-state index in [1.54, 1.807) is 0 Å². The molecule has 2 aromatic carbocycles. The second-order valence-corrected chi connectivity index (χ2v) is 9.20. The molecule has 9 heteroatoms. The molecule has 0 radical (unpaired) electrons. The summed E-state index contributed by atoms with van der Waals surface area (Å²) in [5.74, 6) is 0.454. The molecule has 0 saturated carbocycles. The van der Waals surface area contributed by atoms with E-state index >= 15 is 0 Å². The largest absolute Gasteiger partial charge is 0.417 e. The van der Waals surface area contributed by atoms with Crippen LogP contribution in [-0.4, -0.2) is 46.5 Å². The molecule has 1 aliphatic heterocycles. The maximum atomic E-state index is 14.0. The topological polar surface area (TPSA) is 41.4 Å². The first-order chi connectivity index (χ1) is 17.2. The number of aromatic nitrogens is 2. The molecule has 0 aliphatic carbocycles. The average Bonchev–Trinajstić information content (AvgIpc) is 3.00. The van der Waals surface area contributed by atoms with E-state index in [2.05, 4.69) is 15.6 Å². The fourth-order valence-electron chi connectivity index (χ4n) is 4.96. The number of fused-ring (bicyclic) bond motifs is 1. The second kappa shape index (κ2) is 10.5. The number of hydrogen-bond acceptors (Lipinski definition) is 3. The highest BCUT2D eigenvalue weighted by atomic mass is 35.5. The van der Waals surface area contributed by atoms with Crippen LogP contribution in [0.4, 0.5) is 19.0 Å². The van der Waals surface area contributed by atoms with E-state index < -0.39 is 11.7 Å². The zero-order chi connectivity index (χ0) is 25.4. The molecule has 1 fully saturated rings. The van der Waals surface area contributed by atoms with Gasteiger partial charge in [0.1, 0.15) is 5.82 Å². The Morgan fingerprint density at radius 3 is 2.38 bits per heavy atom. The Morgan fingerprint density at radius 1 is 0.946 bits per heavy atom. The van der Waals surface area contributed by atoms with Gasteiger partial charge in [0.05, 0.1) is 16.8 Å². The van der Waals surface area contributed by atoms with E-state index in [1.165, 1.54) is 6.07 Å². The smallest absolute Gasteiger partial charge is 0.355 e. The van der Waals surface area contributed by atoms with Gasteiger partial charge < -0.3 is 14.4 Å². The third-order valence-electron chi connectivity index (χ3n) is 6.80. The van der Waals surface area contributed by atoms with Gasteiger partial charge >= 0.3 is 6.18 Å². The van der Waals surface area contributed by atoms with E-state index in [-0.39, 0.29) is 18.3 Å². The van der Waals surface area contributed by atoms with Crippen LogP contribution >= 0.6 is 12.4 Å². The number of nitrogens with zero attached hydrogens (tertiary/aromatic N) is 4. The van der Waals surface area contributed by atoms with E-state index in [0.717, 1.165) is 40.0 Å². The molecule has 0 N–H and O–H groups in total. The van der Waals surface area contributed by atoms with Gasteiger partial charge in [-0.2, -0.15) is 13.2 Å². The maximum absolute atomic E-state index is 14.0. The average molecular weight is 529 g/mol. The van der Waals surface area contributed by atoms with Crippen molar-refractivity contribution in [2.45, 2.75) is 19.5 Å². The number of anilines is 1. The fraction of sp³-hybridized carbons (Fsp3) is 0.286. The predicted molar refractivity (Wildman–Crippen MR) is 142 cm³/mol. The number of aryl methyl sites for hydroxylation is 2. The minimum absolute atomic E-state index is 0. The standard InChI is InChI=1S/C28H27F3N4O.ClH/c1-19-9-11-23-22(17-19)25(26(33(23)2)20-7-4-3-5-8-20)27(36)35-14-6-13-34(15-16-35)24-12-10-21(18-32-24)28(29,30)31;/h3-5,7-12,17-18H,6,13-16H2,1-2H3;1H. The molecule has 0 spiro atoms. The molecular formula is C28H28ClF3N4O. The van der Waals surface area contributed by atoms with E-state index in [0.29, 0.717) is 44.0 Å². The first kappa shape index (κ1) is 26.5. The number of alkyl halides is 3. The van der Waals surface area contributed by atoms with Crippen molar-refractivity contribution < 1.29 is 18.0 Å². The number of pyridine rings is 1. The number of benzene rings is 2. The third-order valence-corrected chi connectivity index (χ3v) is 6.80. The Balaban J connectivity index is 0.00000320. The quantitative estimate of drug-likeness (QED) is 0.311. The molecule has 0 bridgehead atoms. The lowest BCUT2D eigenvalue weighted by atomic mass is 10.0. The lowest BCUT2D eigenvalue weighted by Gasteiger charge is -2.23. The van der Waals surface area contributed by atoms with Gasteiger partial charge in [-0.15, -0.1) is 12.4 Å². The number of amides is 1. The first-order valence-corrected chi connectivity index (χ1v) is 12.0. The zero-order valence-corrected chi connectivity index (χ0v) is 21.4. The maximum Gasteiger partial charge on any atom is 0.417 e. The molecule has 4 aromatic rings.